The van der Waals surface area contributed by atoms with E-state index >= 15 is 0 Å². The van der Waals surface area contributed by atoms with E-state index in [2.05, 4.69) is 38.3 Å². The lowest BCUT2D eigenvalue weighted by atomic mass is 10.1. The molecule has 3 aromatic rings. The highest BCUT2D eigenvalue weighted by Crippen LogP contribution is 2.29. The molecule has 158 valence electrons. The smallest absolute Gasteiger partial charge is 0.230 e. The van der Waals surface area contributed by atoms with Gasteiger partial charge in [0.2, 0.25) is 5.91 Å². The first-order chi connectivity index (χ1) is 14.8. The van der Waals surface area contributed by atoms with Gasteiger partial charge >= 0.3 is 0 Å². The Morgan fingerprint density at radius 3 is 2.90 bits per heavy atom. The topological polar surface area (TPSA) is 69.0 Å². The molecule has 8 heteroatoms. The normalized spacial score (nSPS) is 16.1. The minimum absolute atomic E-state index is 0.0254. The van der Waals surface area contributed by atoms with Gasteiger partial charge in [-0.25, -0.2) is 0 Å². The highest BCUT2D eigenvalue weighted by Gasteiger charge is 2.22. The van der Waals surface area contributed by atoms with Crippen molar-refractivity contribution in [2.45, 2.75) is 43.5 Å². The number of benzene rings is 1. The molecule has 1 N–H and O–H groups in total. The van der Waals surface area contributed by atoms with Crippen LogP contribution >= 0.6 is 23.1 Å². The third-order valence-corrected chi connectivity index (χ3v) is 6.84. The lowest BCUT2D eigenvalue weighted by Gasteiger charge is -2.14. The number of carbonyl (C=O) groups is 1. The molecule has 0 spiro atoms. The maximum atomic E-state index is 12.3. The van der Waals surface area contributed by atoms with Crippen molar-refractivity contribution >= 4 is 29.0 Å². The van der Waals surface area contributed by atoms with Crippen LogP contribution in [0.25, 0.3) is 10.7 Å². The summed E-state index contributed by atoms with van der Waals surface area (Å²) < 4.78 is 7.93. The van der Waals surface area contributed by atoms with Crippen LogP contribution in [0.15, 0.2) is 53.0 Å². The molecular formula is C22H26N4O2S2. The van der Waals surface area contributed by atoms with E-state index in [-0.39, 0.29) is 12.0 Å². The number of hydrogen-bond donors (Lipinski definition) is 1. The first-order valence-electron chi connectivity index (χ1n) is 10.3. The fourth-order valence-electron chi connectivity index (χ4n) is 3.49. The number of rotatable bonds is 10. The van der Waals surface area contributed by atoms with Crippen molar-refractivity contribution in [1.82, 2.24) is 20.1 Å². The molecule has 2 aromatic heterocycles. The summed E-state index contributed by atoms with van der Waals surface area (Å²) in [6, 6.07) is 14.4. The third-order valence-electron chi connectivity index (χ3n) is 5.01. The molecule has 1 amide bonds. The maximum absolute atomic E-state index is 12.3. The van der Waals surface area contributed by atoms with Gasteiger partial charge in [-0.05, 0) is 42.7 Å². The van der Waals surface area contributed by atoms with Crippen LogP contribution in [0.2, 0.25) is 0 Å². The van der Waals surface area contributed by atoms with Crippen LogP contribution in [0.5, 0.6) is 0 Å². The van der Waals surface area contributed by atoms with Crippen LogP contribution in [0.1, 0.15) is 24.8 Å². The van der Waals surface area contributed by atoms with Crippen LogP contribution in [0, 0.1) is 0 Å². The lowest BCUT2D eigenvalue weighted by Crippen LogP contribution is -2.26. The SMILES string of the molecule is O=C(CSc1nnc(-c2cccs2)n1CC1CCCO1)NCCCc1ccccc1. The van der Waals surface area contributed by atoms with Gasteiger partial charge in [0.15, 0.2) is 11.0 Å². The first kappa shape index (κ1) is 21.1. The number of nitrogens with one attached hydrogen (secondary N) is 1. The van der Waals surface area contributed by atoms with Gasteiger partial charge in [-0.2, -0.15) is 0 Å². The Labute approximate surface area is 185 Å². The second-order valence-corrected chi connectivity index (χ2v) is 9.15. The Morgan fingerprint density at radius 1 is 1.23 bits per heavy atom. The Morgan fingerprint density at radius 2 is 2.13 bits per heavy atom. The Balaban J connectivity index is 1.30. The molecule has 1 saturated heterocycles. The molecule has 0 bridgehead atoms. The van der Waals surface area contributed by atoms with Gasteiger partial charge in [0.05, 0.1) is 23.3 Å². The summed E-state index contributed by atoms with van der Waals surface area (Å²) in [5.74, 6) is 1.21. The van der Waals surface area contributed by atoms with E-state index in [1.54, 1.807) is 11.3 Å². The number of nitrogens with zero attached hydrogens (tertiary/aromatic N) is 3. The summed E-state index contributed by atoms with van der Waals surface area (Å²) in [6.07, 6.45) is 4.22. The predicted molar refractivity (Wildman–Crippen MR) is 121 cm³/mol. The Bertz CT molecular complexity index is 922. The fourth-order valence-corrected chi connectivity index (χ4v) is 4.98. The number of thiophene rings is 1. The number of aromatic nitrogens is 3. The summed E-state index contributed by atoms with van der Waals surface area (Å²) in [6.45, 7) is 2.22. The zero-order chi connectivity index (χ0) is 20.6. The Kier molecular flexibility index (Phi) is 7.55. The molecule has 6 nitrogen and oxygen atoms in total. The van der Waals surface area contributed by atoms with Gasteiger partial charge in [0.1, 0.15) is 0 Å². The summed E-state index contributed by atoms with van der Waals surface area (Å²) in [4.78, 5) is 13.4. The quantitative estimate of drug-likeness (QED) is 0.379. The molecule has 1 fully saturated rings. The van der Waals surface area contributed by atoms with E-state index in [1.165, 1.54) is 17.3 Å². The second kappa shape index (κ2) is 10.7. The lowest BCUT2D eigenvalue weighted by molar-refractivity contribution is -0.118. The van der Waals surface area contributed by atoms with E-state index in [0.717, 1.165) is 54.7 Å². The molecule has 0 saturated carbocycles. The van der Waals surface area contributed by atoms with E-state index in [9.17, 15) is 4.79 Å². The number of thioether (sulfide) groups is 1. The molecular weight excluding hydrogens is 416 g/mol. The number of carbonyl (C=O) groups excluding carboxylic acids is 1. The van der Waals surface area contributed by atoms with E-state index in [1.807, 2.05) is 29.6 Å². The number of aryl methyl sites for hydroxylation is 1. The van der Waals surface area contributed by atoms with Gasteiger partial charge in [-0.3, -0.25) is 9.36 Å². The van der Waals surface area contributed by atoms with Crippen molar-refractivity contribution in [3.63, 3.8) is 0 Å². The highest BCUT2D eigenvalue weighted by atomic mass is 32.2. The largest absolute Gasteiger partial charge is 0.376 e. The molecule has 30 heavy (non-hydrogen) atoms. The van der Waals surface area contributed by atoms with Gasteiger partial charge in [-0.1, -0.05) is 48.2 Å². The van der Waals surface area contributed by atoms with Crippen molar-refractivity contribution in [2.24, 2.45) is 0 Å². The summed E-state index contributed by atoms with van der Waals surface area (Å²) in [5, 5.41) is 14.6. The molecule has 1 atom stereocenters. The first-order valence-corrected chi connectivity index (χ1v) is 12.2. The average Bonchev–Trinajstić information content (AvgIpc) is 3.53. The van der Waals surface area contributed by atoms with Crippen LogP contribution in [-0.4, -0.2) is 45.7 Å². The van der Waals surface area contributed by atoms with Crippen molar-refractivity contribution in [3.05, 3.63) is 53.4 Å². The molecule has 1 aromatic carbocycles. The van der Waals surface area contributed by atoms with Gasteiger partial charge in [0, 0.05) is 13.2 Å². The molecule has 1 aliphatic heterocycles. The minimum atomic E-state index is 0.0254. The van der Waals surface area contributed by atoms with Gasteiger partial charge < -0.3 is 10.1 Å². The fraction of sp³-hybridized carbons (Fsp3) is 0.409. The zero-order valence-electron chi connectivity index (χ0n) is 16.8. The van der Waals surface area contributed by atoms with Gasteiger partial charge in [0.25, 0.3) is 0 Å². The van der Waals surface area contributed by atoms with Crippen molar-refractivity contribution in [1.29, 1.82) is 0 Å². The Hall–Kier alpha value is -2.16. The van der Waals surface area contributed by atoms with Crippen LogP contribution in [0.4, 0.5) is 0 Å². The zero-order valence-corrected chi connectivity index (χ0v) is 18.5. The van der Waals surface area contributed by atoms with Crippen molar-refractivity contribution in [2.75, 3.05) is 18.9 Å². The second-order valence-electron chi connectivity index (χ2n) is 7.26. The van der Waals surface area contributed by atoms with E-state index in [4.69, 9.17) is 4.74 Å². The van der Waals surface area contributed by atoms with Crippen molar-refractivity contribution in [3.8, 4) is 10.7 Å². The van der Waals surface area contributed by atoms with Crippen molar-refractivity contribution < 1.29 is 9.53 Å². The molecule has 1 aliphatic rings. The van der Waals surface area contributed by atoms with E-state index < -0.39 is 0 Å². The monoisotopic (exact) mass is 442 g/mol. The molecule has 3 heterocycles. The number of ether oxygens (including phenoxy) is 1. The minimum Gasteiger partial charge on any atom is -0.376 e. The standard InChI is InChI=1S/C22H26N4O2S2/c27-20(23-12-4-9-17-7-2-1-3-8-17)16-30-22-25-24-21(19-11-6-14-29-19)26(22)15-18-10-5-13-28-18/h1-3,6-8,11,14,18H,4-5,9-10,12-13,15-16H2,(H,23,27). The van der Waals surface area contributed by atoms with Crippen LogP contribution in [-0.2, 0) is 22.5 Å². The van der Waals surface area contributed by atoms with E-state index in [0.29, 0.717) is 12.3 Å². The summed E-state index contributed by atoms with van der Waals surface area (Å²) >= 11 is 3.08. The maximum Gasteiger partial charge on any atom is 0.230 e. The van der Waals surface area contributed by atoms with Crippen LogP contribution < -0.4 is 5.32 Å². The number of hydrogen-bond acceptors (Lipinski definition) is 6. The third kappa shape index (κ3) is 5.71. The highest BCUT2D eigenvalue weighted by molar-refractivity contribution is 7.99. The van der Waals surface area contributed by atoms with Crippen LogP contribution in [0.3, 0.4) is 0 Å². The number of amides is 1. The predicted octanol–water partition coefficient (Wildman–Crippen LogP) is 4.03. The average molecular weight is 443 g/mol. The molecule has 0 aliphatic carbocycles. The summed E-state index contributed by atoms with van der Waals surface area (Å²) in [5.41, 5.74) is 1.30. The molecule has 0 radical (unpaired) electrons. The van der Waals surface area contributed by atoms with Gasteiger partial charge in [-0.15, -0.1) is 21.5 Å². The molecule has 4 rings (SSSR count). The molecule has 1 unspecified atom stereocenters. The summed E-state index contributed by atoms with van der Waals surface area (Å²) in [7, 11) is 0.